The first-order valence-electron chi connectivity index (χ1n) is 7.88. The van der Waals surface area contributed by atoms with Crippen molar-refractivity contribution in [2.75, 3.05) is 19.6 Å². The number of nitro benzene ring substituents is 1. The van der Waals surface area contributed by atoms with Crippen LogP contribution in [0.2, 0.25) is 5.02 Å². The summed E-state index contributed by atoms with van der Waals surface area (Å²) in [5.74, 6) is 0.591. The number of nitrogens with zero attached hydrogens (tertiary/aromatic N) is 4. The van der Waals surface area contributed by atoms with Crippen molar-refractivity contribution in [1.29, 1.82) is 0 Å². The normalized spacial score (nSPS) is 18.8. The van der Waals surface area contributed by atoms with Crippen molar-refractivity contribution < 1.29 is 13.3 Å². The van der Waals surface area contributed by atoms with E-state index in [1.807, 2.05) is 0 Å². The van der Waals surface area contributed by atoms with Gasteiger partial charge in [-0.05, 0) is 13.0 Å². The minimum atomic E-state index is -4.00. The molecule has 0 saturated carbocycles. The second-order valence-electron chi connectivity index (χ2n) is 6.04. The number of imidazole rings is 1. The average molecular weight is 400 g/mol. The van der Waals surface area contributed by atoms with Crippen molar-refractivity contribution in [1.82, 2.24) is 19.2 Å². The molecule has 1 unspecified atom stereocenters. The molecule has 11 heteroatoms. The first-order valence-corrected chi connectivity index (χ1v) is 9.69. The Morgan fingerprint density at radius 1 is 1.42 bits per heavy atom. The first-order chi connectivity index (χ1) is 12.2. The molecule has 1 saturated heterocycles. The molecule has 1 N–H and O–H groups in total. The van der Waals surface area contributed by atoms with Crippen LogP contribution in [-0.4, -0.2) is 46.8 Å². The number of aryl methyl sites for hydroxylation is 1. The lowest BCUT2D eigenvalue weighted by Gasteiger charge is -2.34. The summed E-state index contributed by atoms with van der Waals surface area (Å²) in [6, 6.07) is 1.80. The first kappa shape index (κ1) is 18.8. The quantitative estimate of drug-likeness (QED) is 0.617. The van der Waals surface area contributed by atoms with Crippen LogP contribution in [0, 0.1) is 17.0 Å². The van der Waals surface area contributed by atoms with Gasteiger partial charge in [0.25, 0.3) is 5.69 Å². The minimum absolute atomic E-state index is 0.0430. The van der Waals surface area contributed by atoms with Gasteiger partial charge in [-0.2, -0.15) is 4.31 Å². The molecule has 0 aliphatic carbocycles. The summed E-state index contributed by atoms with van der Waals surface area (Å²) in [5, 5.41) is 14.4. The van der Waals surface area contributed by atoms with Gasteiger partial charge in [0.2, 0.25) is 10.0 Å². The summed E-state index contributed by atoms with van der Waals surface area (Å²) < 4.78 is 29.5. The van der Waals surface area contributed by atoms with Crippen LogP contribution in [-0.2, 0) is 17.1 Å². The third-order valence-corrected chi connectivity index (χ3v) is 6.72. The van der Waals surface area contributed by atoms with Gasteiger partial charge in [-0.1, -0.05) is 11.6 Å². The van der Waals surface area contributed by atoms with E-state index in [1.165, 1.54) is 17.3 Å². The lowest BCUT2D eigenvalue weighted by molar-refractivity contribution is -0.385. The summed E-state index contributed by atoms with van der Waals surface area (Å²) in [6.45, 7) is 2.57. The van der Waals surface area contributed by atoms with E-state index in [4.69, 9.17) is 11.6 Å². The molecule has 0 radical (unpaired) electrons. The van der Waals surface area contributed by atoms with Crippen molar-refractivity contribution in [3.8, 4) is 0 Å². The maximum atomic E-state index is 13.2. The molecular weight excluding hydrogens is 382 g/mol. The Labute approximate surface area is 155 Å². The molecule has 1 aliphatic rings. The Bertz CT molecular complexity index is 959. The van der Waals surface area contributed by atoms with E-state index in [-0.39, 0.29) is 27.7 Å². The lowest BCUT2D eigenvalue weighted by atomic mass is 10.2. The van der Waals surface area contributed by atoms with Crippen LogP contribution in [0.1, 0.15) is 17.4 Å². The van der Waals surface area contributed by atoms with Gasteiger partial charge in [0.1, 0.15) is 5.82 Å². The lowest BCUT2D eigenvalue weighted by Crippen LogP contribution is -2.49. The van der Waals surface area contributed by atoms with E-state index in [0.29, 0.717) is 18.9 Å². The van der Waals surface area contributed by atoms with E-state index < -0.39 is 21.0 Å². The molecule has 0 spiro atoms. The zero-order chi connectivity index (χ0) is 19.1. The topological polar surface area (TPSA) is 110 Å². The van der Waals surface area contributed by atoms with E-state index >= 15 is 0 Å². The summed E-state index contributed by atoms with van der Waals surface area (Å²) >= 11 is 6.05. The van der Waals surface area contributed by atoms with Crippen molar-refractivity contribution in [3.63, 3.8) is 0 Å². The van der Waals surface area contributed by atoms with Crippen LogP contribution in [0.25, 0.3) is 0 Å². The number of benzene rings is 1. The maximum Gasteiger partial charge on any atom is 0.275 e. The van der Waals surface area contributed by atoms with Crippen molar-refractivity contribution in [2.45, 2.75) is 17.9 Å². The summed E-state index contributed by atoms with van der Waals surface area (Å²) in [6.07, 6.45) is 3.34. The zero-order valence-electron chi connectivity index (χ0n) is 14.2. The van der Waals surface area contributed by atoms with Crippen LogP contribution in [0.4, 0.5) is 5.69 Å². The van der Waals surface area contributed by atoms with Crippen molar-refractivity contribution in [2.24, 2.45) is 7.05 Å². The predicted molar refractivity (Wildman–Crippen MR) is 95.6 cm³/mol. The number of nitro groups is 1. The molecule has 3 rings (SSSR count). The maximum absolute atomic E-state index is 13.2. The highest BCUT2D eigenvalue weighted by Crippen LogP contribution is 2.33. The number of sulfonamides is 1. The van der Waals surface area contributed by atoms with Gasteiger partial charge >= 0.3 is 0 Å². The van der Waals surface area contributed by atoms with E-state index in [0.717, 1.165) is 6.07 Å². The number of hydrogen-bond acceptors (Lipinski definition) is 6. The SMILES string of the molecule is Cc1c(Cl)cc(S(=O)(=O)N2CCNCC2c2nccn2C)cc1[N+](=O)[O-]. The van der Waals surface area contributed by atoms with Gasteiger partial charge in [-0.15, -0.1) is 0 Å². The largest absolute Gasteiger partial charge is 0.337 e. The third-order valence-electron chi connectivity index (χ3n) is 4.44. The molecule has 1 fully saturated rings. The average Bonchev–Trinajstić information content (AvgIpc) is 3.02. The highest BCUT2D eigenvalue weighted by atomic mass is 35.5. The molecule has 1 aromatic heterocycles. The molecule has 1 aliphatic heterocycles. The highest BCUT2D eigenvalue weighted by Gasteiger charge is 2.37. The fraction of sp³-hybridized carbons (Fsp3) is 0.400. The van der Waals surface area contributed by atoms with Crippen LogP contribution in [0.15, 0.2) is 29.4 Å². The Balaban J connectivity index is 2.09. The van der Waals surface area contributed by atoms with Gasteiger partial charge in [-0.3, -0.25) is 10.1 Å². The van der Waals surface area contributed by atoms with Crippen molar-refractivity contribution in [3.05, 3.63) is 51.1 Å². The minimum Gasteiger partial charge on any atom is -0.337 e. The van der Waals surface area contributed by atoms with Crippen LogP contribution < -0.4 is 5.32 Å². The molecule has 2 aromatic rings. The summed E-state index contributed by atoms with van der Waals surface area (Å²) in [5.41, 5.74) is -0.0867. The van der Waals surface area contributed by atoms with Gasteiger partial charge in [-0.25, -0.2) is 13.4 Å². The van der Waals surface area contributed by atoms with Gasteiger partial charge in [0.15, 0.2) is 0 Å². The Kier molecular flexibility index (Phi) is 5.02. The molecule has 140 valence electrons. The van der Waals surface area contributed by atoms with E-state index in [2.05, 4.69) is 10.3 Å². The molecule has 2 heterocycles. The smallest absolute Gasteiger partial charge is 0.275 e. The number of nitrogens with one attached hydrogen (secondary N) is 1. The molecule has 26 heavy (non-hydrogen) atoms. The predicted octanol–water partition coefficient (Wildman–Crippen LogP) is 1.63. The number of piperazine rings is 1. The van der Waals surface area contributed by atoms with Crippen LogP contribution in [0.3, 0.4) is 0 Å². The van der Waals surface area contributed by atoms with Crippen molar-refractivity contribution >= 4 is 27.3 Å². The van der Waals surface area contributed by atoms with E-state index in [1.54, 1.807) is 24.0 Å². The summed E-state index contributed by atoms with van der Waals surface area (Å²) in [4.78, 5) is 14.7. The molecule has 1 aromatic carbocycles. The summed E-state index contributed by atoms with van der Waals surface area (Å²) in [7, 11) is -2.21. The van der Waals surface area contributed by atoms with Gasteiger partial charge in [0.05, 0.1) is 20.9 Å². The second kappa shape index (κ2) is 6.95. The monoisotopic (exact) mass is 399 g/mol. The van der Waals surface area contributed by atoms with Crippen LogP contribution >= 0.6 is 11.6 Å². The Morgan fingerprint density at radius 2 is 2.15 bits per heavy atom. The van der Waals surface area contributed by atoms with Crippen LogP contribution in [0.5, 0.6) is 0 Å². The Hall–Kier alpha value is -2.01. The number of halogens is 1. The third kappa shape index (κ3) is 3.20. The highest BCUT2D eigenvalue weighted by molar-refractivity contribution is 7.89. The van der Waals surface area contributed by atoms with Gasteiger partial charge in [0, 0.05) is 50.7 Å². The second-order valence-corrected chi connectivity index (χ2v) is 8.34. The Morgan fingerprint density at radius 3 is 2.77 bits per heavy atom. The standard InChI is InChI=1S/C15H18ClN5O4S/c1-10-12(16)7-11(8-13(10)21(22)23)26(24,25)20-6-3-17-9-14(20)15-18-4-5-19(15)2/h4-5,7-8,14,17H,3,6,9H2,1-2H3. The molecule has 9 nitrogen and oxygen atoms in total. The fourth-order valence-electron chi connectivity index (χ4n) is 3.01. The zero-order valence-corrected chi connectivity index (χ0v) is 15.8. The number of aromatic nitrogens is 2. The molecule has 0 amide bonds. The van der Waals surface area contributed by atoms with Gasteiger partial charge < -0.3 is 9.88 Å². The number of rotatable bonds is 4. The molecule has 0 bridgehead atoms. The fourth-order valence-corrected chi connectivity index (χ4v) is 4.92. The number of hydrogen-bond donors (Lipinski definition) is 1. The van der Waals surface area contributed by atoms with E-state index in [9.17, 15) is 18.5 Å². The molecular formula is C15H18ClN5O4S. The molecule has 1 atom stereocenters.